The Morgan fingerprint density at radius 1 is 1.04 bits per heavy atom. The summed E-state index contributed by atoms with van der Waals surface area (Å²) in [6.45, 7) is 1.25. The summed E-state index contributed by atoms with van der Waals surface area (Å²) in [5.74, 6) is 0.777. The van der Waals surface area contributed by atoms with Crippen LogP contribution in [0.5, 0.6) is 5.75 Å². The number of methoxy groups -OCH3 is 1. The molecule has 2 rings (SSSR count). The van der Waals surface area contributed by atoms with Crippen molar-refractivity contribution in [2.75, 3.05) is 20.2 Å². The highest BCUT2D eigenvalue weighted by Gasteiger charge is 2.14. The van der Waals surface area contributed by atoms with Crippen molar-refractivity contribution >= 4 is 15.7 Å². The van der Waals surface area contributed by atoms with Crippen LogP contribution in [0.1, 0.15) is 5.56 Å². The molecule has 0 atom stereocenters. The molecule has 8 nitrogen and oxygen atoms in total. The molecule has 9 heteroatoms. The molecule has 0 spiro atoms. The van der Waals surface area contributed by atoms with Crippen molar-refractivity contribution in [2.45, 2.75) is 11.4 Å². The second-order valence-corrected chi connectivity index (χ2v) is 6.94. The Hall–Kier alpha value is -2.49. The van der Waals surface area contributed by atoms with Crippen LogP contribution in [0.15, 0.2) is 53.4 Å². The normalized spacial score (nSPS) is 11.2. The minimum absolute atomic E-state index is 0.00625. The van der Waals surface area contributed by atoms with Gasteiger partial charge in [-0.25, -0.2) is 13.1 Å². The number of nitro groups is 1. The number of nitro benzene ring substituents is 1. The van der Waals surface area contributed by atoms with Crippen molar-refractivity contribution < 1.29 is 18.1 Å². The first-order valence-electron chi connectivity index (χ1n) is 7.50. The molecule has 0 fully saturated rings. The number of ether oxygens (including phenoxy) is 1. The Morgan fingerprint density at radius 2 is 1.68 bits per heavy atom. The summed E-state index contributed by atoms with van der Waals surface area (Å²) in [5, 5.41) is 13.7. The van der Waals surface area contributed by atoms with Gasteiger partial charge in [-0.1, -0.05) is 12.1 Å². The third-order valence-corrected chi connectivity index (χ3v) is 4.92. The Labute approximate surface area is 146 Å². The first-order chi connectivity index (χ1) is 11.9. The fourth-order valence-corrected chi connectivity index (χ4v) is 3.11. The Morgan fingerprint density at radius 3 is 2.24 bits per heavy atom. The lowest BCUT2D eigenvalue weighted by molar-refractivity contribution is -0.384. The van der Waals surface area contributed by atoms with Crippen LogP contribution in [0.25, 0.3) is 0 Å². The quantitative estimate of drug-likeness (QED) is 0.397. The van der Waals surface area contributed by atoms with Gasteiger partial charge in [-0.2, -0.15) is 0 Å². The Kier molecular flexibility index (Phi) is 6.45. The van der Waals surface area contributed by atoms with Crippen LogP contribution >= 0.6 is 0 Å². The van der Waals surface area contributed by atoms with Crippen LogP contribution in [0.4, 0.5) is 5.69 Å². The molecule has 2 aromatic carbocycles. The maximum Gasteiger partial charge on any atom is 0.269 e. The first-order valence-corrected chi connectivity index (χ1v) is 8.98. The number of sulfonamides is 1. The number of non-ortho nitro benzene ring substituents is 1. The topological polar surface area (TPSA) is 111 Å². The van der Waals surface area contributed by atoms with Crippen molar-refractivity contribution in [1.82, 2.24) is 10.0 Å². The first kappa shape index (κ1) is 18.8. The van der Waals surface area contributed by atoms with E-state index in [1.807, 2.05) is 24.3 Å². The predicted octanol–water partition coefficient (Wildman–Crippen LogP) is 1.67. The molecule has 2 N–H and O–H groups in total. The highest BCUT2D eigenvalue weighted by atomic mass is 32.2. The van der Waals surface area contributed by atoms with Crippen molar-refractivity contribution in [3.8, 4) is 5.75 Å². The SMILES string of the molecule is COc1ccc(CNCCNS(=O)(=O)c2ccc([N+](=O)[O-])cc2)cc1. The van der Waals surface area contributed by atoms with E-state index < -0.39 is 14.9 Å². The predicted molar refractivity (Wildman–Crippen MR) is 93.0 cm³/mol. The van der Waals surface area contributed by atoms with Crippen molar-refractivity contribution in [2.24, 2.45) is 0 Å². The van der Waals surface area contributed by atoms with E-state index >= 15 is 0 Å². The summed E-state index contributed by atoms with van der Waals surface area (Å²) in [5.41, 5.74) is 0.902. The molecule has 0 aromatic heterocycles. The smallest absolute Gasteiger partial charge is 0.269 e. The third-order valence-electron chi connectivity index (χ3n) is 3.44. The van der Waals surface area contributed by atoms with Crippen molar-refractivity contribution in [3.63, 3.8) is 0 Å². The molecule has 2 aromatic rings. The van der Waals surface area contributed by atoms with Crippen LogP contribution in [0.3, 0.4) is 0 Å². The van der Waals surface area contributed by atoms with Gasteiger partial charge in [0.1, 0.15) is 5.75 Å². The van der Waals surface area contributed by atoms with Crippen molar-refractivity contribution in [1.29, 1.82) is 0 Å². The lowest BCUT2D eigenvalue weighted by atomic mass is 10.2. The summed E-state index contributed by atoms with van der Waals surface area (Å²) in [4.78, 5) is 10.0. The summed E-state index contributed by atoms with van der Waals surface area (Å²) in [6.07, 6.45) is 0. The fourth-order valence-electron chi connectivity index (χ4n) is 2.08. The second-order valence-electron chi connectivity index (χ2n) is 5.17. The molecule has 0 saturated carbocycles. The van der Waals surface area contributed by atoms with Crippen LogP contribution in [-0.4, -0.2) is 33.5 Å². The number of rotatable bonds is 9. The fraction of sp³-hybridized carbons (Fsp3) is 0.250. The van der Waals surface area contributed by atoms with Gasteiger partial charge in [-0.05, 0) is 29.8 Å². The van der Waals surface area contributed by atoms with Crippen LogP contribution in [0.2, 0.25) is 0 Å². The maximum absolute atomic E-state index is 12.1. The van der Waals surface area contributed by atoms with Gasteiger partial charge in [0.25, 0.3) is 5.69 Å². The highest BCUT2D eigenvalue weighted by Crippen LogP contribution is 2.15. The van der Waals surface area contributed by atoms with E-state index in [1.54, 1.807) is 7.11 Å². The molecule has 0 saturated heterocycles. The van der Waals surface area contributed by atoms with E-state index in [9.17, 15) is 18.5 Å². The zero-order valence-electron chi connectivity index (χ0n) is 13.6. The molecule has 0 aliphatic carbocycles. The number of nitrogens with one attached hydrogen (secondary N) is 2. The molecular formula is C16H19N3O5S. The van der Waals surface area contributed by atoms with E-state index in [1.165, 1.54) is 12.1 Å². The van der Waals surface area contributed by atoms with E-state index in [0.29, 0.717) is 13.1 Å². The summed E-state index contributed by atoms with van der Waals surface area (Å²) in [7, 11) is -2.08. The average molecular weight is 365 g/mol. The van der Waals surface area contributed by atoms with Gasteiger partial charge in [0, 0.05) is 31.8 Å². The van der Waals surface area contributed by atoms with Gasteiger partial charge in [-0.15, -0.1) is 0 Å². The van der Waals surface area contributed by atoms with Gasteiger partial charge in [0.15, 0.2) is 0 Å². The number of hydrogen-bond acceptors (Lipinski definition) is 6. The minimum Gasteiger partial charge on any atom is -0.497 e. The zero-order valence-corrected chi connectivity index (χ0v) is 14.5. The molecular weight excluding hydrogens is 346 g/mol. The summed E-state index contributed by atoms with van der Waals surface area (Å²) < 4.78 is 31.7. The molecule has 134 valence electrons. The van der Waals surface area contributed by atoms with Crippen molar-refractivity contribution in [3.05, 3.63) is 64.2 Å². The minimum atomic E-state index is -3.69. The van der Waals surface area contributed by atoms with Gasteiger partial charge in [0.2, 0.25) is 10.0 Å². The monoisotopic (exact) mass is 365 g/mol. The average Bonchev–Trinajstić information content (AvgIpc) is 2.62. The van der Waals surface area contributed by atoms with E-state index in [0.717, 1.165) is 23.4 Å². The molecule has 0 aliphatic rings. The van der Waals surface area contributed by atoms with Crippen LogP contribution in [-0.2, 0) is 16.6 Å². The molecule has 0 aliphatic heterocycles. The maximum atomic E-state index is 12.1. The second kappa shape index (κ2) is 8.56. The molecule has 0 amide bonds. The molecule has 0 bridgehead atoms. The van der Waals surface area contributed by atoms with Crippen LogP contribution in [0, 0.1) is 10.1 Å². The summed E-state index contributed by atoms with van der Waals surface area (Å²) >= 11 is 0. The number of hydrogen-bond donors (Lipinski definition) is 2. The van der Waals surface area contributed by atoms with E-state index in [4.69, 9.17) is 4.74 Å². The Balaban J connectivity index is 1.78. The highest BCUT2D eigenvalue weighted by molar-refractivity contribution is 7.89. The largest absolute Gasteiger partial charge is 0.497 e. The van der Waals surface area contributed by atoms with Gasteiger partial charge in [0.05, 0.1) is 16.9 Å². The standard InChI is InChI=1S/C16H19N3O5S/c1-24-15-6-2-13(3-7-15)12-17-10-11-18-25(22,23)16-8-4-14(5-9-16)19(20)21/h2-9,17-18H,10-12H2,1H3. The molecule has 0 heterocycles. The van der Waals surface area contributed by atoms with Gasteiger partial charge < -0.3 is 10.1 Å². The molecule has 25 heavy (non-hydrogen) atoms. The summed E-state index contributed by atoms with van der Waals surface area (Å²) in [6, 6.07) is 12.3. The zero-order chi connectivity index (χ0) is 18.3. The number of benzene rings is 2. The third kappa shape index (κ3) is 5.52. The number of nitrogens with zero attached hydrogens (tertiary/aromatic N) is 1. The van der Waals surface area contributed by atoms with Crippen LogP contribution < -0.4 is 14.8 Å². The lowest BCUT2D eigenvalue weighted by Crippen LogP contribution is -2.31. The Bertz CT molecular complexity index is 805. The van der Waals surface area contributed by atoms with Gasteiger partial charge >= 0.3 is 0 Å². The van der Waals surface area contributed by atoms with E-state index in [-0.39, 0.29) is 17.1 Å². The van der Waals surface area contributed by atoms with E-state index in [2.05, 4.69) is 10.0 Å². The molecule has 0 radical (unpaired) electrons. The van der Waals surface area contributed by atoms with Gasteiger partial charge in [-0.3, -0.25) is 10.1 Å². The molecule has 0 unspecified atom stereocenters. The lowest BCUT2D eigenvalue weighted by Gasteiger charge is -2.08.